The molecular weight excluding hydrogens is 313 g/mol. The van der Waals surface area contributed by atoms with Crippen LogP contribution in [0.1, 0.15) is 24.4 Å². The summed E-state index contributed by atoms with van der Waals surface area (Å²) in [5, 5.41) is 15.7. The second kappa shape index (κ2) is 6.58. The Labute approximate surface area is 131 Å². The molecule has 2 fully saturated rings. The van der Waals surface area contributed by atoms with E-state index in [2.05, 4.69) is 20.6 Å². The van der Waals surface area contributed by atoms with E-state index < -0.39 is 18.1 Å². The lowest BCUT2D eigenvalue weighted by molar-refractivity contribution is -0.145. The van der Waals surface area contributed by atoms with Gasteiger partial charge in [-0.05, 0) is 25.9 Å². The Morgan fingerprint density at radius 1 is 1.26 bits per heavy atom. The molecule has 0 aliphatic carbocycles. The van der Waals surface area contributed by atoms with Crippen LogP contribution in [0.2, 0.25) is 0 Å². The van der Waals surface area contributed by atoms with Gasteiger partial charge in [0.2, 0.25) is 11.7 Å². The van der Waals surface area contributed by atoms with Gasteiger partial charge in [0.15, 0.2) is 0 Å². The summed E-state index contributed by atoms with van der Waals surface area (Å²) in [7, 11) is 0. The standard InChI is InChI=1S/C14H19F3N4O2/c15-14(16,17)13-20-8(5-10-11(22)7-19-10)6-12(21-13)23-9-1-3-18-4-2-9/h6,9-11,18-19,22H,1-5,7H2. The van der Waals surface area contributed by atoms with Gasteiger partial charge >= 0.3 is 6.18 Å². The van der Waals surface area contributed by atoms with Crippen LogP contribution < -0.4 is 15.4 Å². The van der Waals surface area contributed by atoms with E-state index in [-0.39, 0.29) is 30.1 Å². The zero-order valence-electron chi connectivity index (χ0n) is 12.4. The number of aliphatic hydroxyl groups excluding tert-OH is 1. The number of nitrogens with zero attached hydrogens (tertiary/aromatic N) is 2. The molecule has 3 N–H and O–H groups in total. The van der Waals surface area contributed by atoms with Gasteiger partial charge in [-0.25, -0.2) is 4.98 Å². The quantitative estimate of drug-likeness (QED) is 0.745. The highest BCUT2D eigenvalue weighted by Crippen LogP contribution is 2.29. The molecule has 3 rings (SSSR count). The second-order valence-electron chi connectivity index (χ2n) is 5.87. The van der Waals surface area contributed by atoms with Crippen LogP contribution in [-0.4, -0.2) is 53.0 Å². The lowest BCUT2D eigenvalue weighted by atomic mass is 9.98. The molecule has 3 heterocycles. The number of alkyl halides is 3. The number of aromatic nitrogens is 2. The first-order chi connectivity index (χ1) is 10.9. The van der Waals surface area contributed by atoms with Crippen molar-refractivity contribution < 1.29 is 23.0 Å². The number of rotatable bonds is 4. The molecule has 0 spiro atoms. The number of halogens is 3. The first kappa shape index (κ1) is 16.4. The summed E-state index contributed by atoms with van der Waals surface area (Å²) in [6.07, 6.45) is -3.68. The number of β-amino-alcohol motifs (C(OH)–C–C–N with tert-alkyl or cyclic N) is 1. The third-order valence-corrected chi connectivity index (χ3v) is 4.07. The summed E-state index contributed by atoms with van der Waals surface area (Å²) in [6.45, 7) is 1.99. The van der Waals surface area contributed by atoms with E-state index in [1.165, 1.54) is 6.07 Å². The molecule has 2 unspecified atom stereocenters. The molecule has 1 aromatic heterocycles. The Kier molecular flexibility index (Phi) is 4.69. The van der Waals surface area contributed by atoms with Gasteiger partial charge in [-0.1, -0.05) is 0 Å². The number of ether oxygens (including phenoxy) is 1. The first-order valence-electron chi connectivity index (χ1n) is 7.66. The van der Waals surface area contributed by atoms with E-state index in [0.717, 1.165) is 25.9 Å². The van der Waals surface area contributed by atoms with E-state index in [4.69, 9.17) is 4.74 Å². The number of piperidine rings is 1. The third-order valence-electron chi connectivity index (χ3n) is 4.07. The molecular formula is C14H19F3N4O2. The maximum absolute atomic E-state index is 13.0. The van der Waals surface area contributed by atoms with E-state index in [0.29, 0.717) is 6.54 Å². The molecule has 23 heavy (non-hydrogen) atoms. The van der Waals surface area contributed by atoms with E-state index in [9.17, 15) is 18.3 Å². The van der Waals surface area contributed by atoms with Crippen LogP contribution in [0, 0.1) is 0 Å². The van der Waals surface area contributed by atoms with Crippen molar-refractivity contribution in [1.29, 1.82) is 0 Å². The van der Waals surface area contributed by atoms with Gasteiger partial charge in [-0.3, -0.25) is 0 Å². The van der Waals surface area contributed by atoms with Gasteiger partial charge in [0.05, 0.1) is 6.10 Å². The summed E-state index contributed by atoms with van der Waals surface area (Å²) in [6, 6.07) is 1.15. The van der Waals surface area contributed by atoms with Gasteiger partial charge in [-0.2, -0.15) is 18.2 Å². The SMILES string of the molecule is OC1CNC1Cc1cc(OC2CCNCC2)nc(C(F)(F)F)n1. The zero-order valence-corrected chi connectivity index (χ0v) is 12.4. The average molecular weight is 332 g/mol. The zero-order chi connectivity index (χ0) is 16.4. The predicted octanol–water partition coefficient (Wildman–Crippen LogP) is 0.501. The molecule has 0 bridgehead atoms. The summed E-state index contributed by atoms with van der Waals surface area (Å²) in [4.78, 5) is 7.08. The number of aliphatic hydroxyl groups is 1. The van der Waals surface area contributed by atoms with E-state index >= 15 is 0 Å². The van der Waals surface area contributed by atoms with Crippen LogP contribution >= 0.6 is 0 Å². The van der Waals surface area contributed by atoms with Gasteiger partial charge in [0, 0.05) is 30.8 Å². The van der Waals surface area contributed by atoms with Crippen LogP contribution in [0.5, 0.6) is 5.88 Å². The fourth-order valence-corrected chi connectivity index (χ4v) is 2.67. The van der Waals surface area contributed by atoms with Crippen molar-refractivity contribution >= 4 is 0 Å². The van der Waals surface area contributed by atoms with Crippen molar-refractivity contribution in [3.05, 3.63) is 17.6 Å². The van der Waals surface area contributed by atoms with Gasteiger partial charge in [-0.15, -0.1) is 0 Å². The largest absolute Gasteiger partial charge is 0.474 e. The van der Waals surface area contributed by atoms with Crippen LogP contribution in [-0.2, 0) is 12.6 Å². The number of hydrogen-bond acceptors (Lipinski definition) is 6. The van der Waals surface area contributed by atoms with Crippen molar-refractivity contribution in [3.63, 3.8) is 0 Å². The molecule has 128 valence electrons. The summed E-state index contributed by atoms with van der Waals surface area (Å²) < 4.78 is 44.6. The molecule has 1 aromatic rings. The average Bonchev–Trinajstić information content (AvgIpc) is 2.51. The number of nitrogens with one attached hydrogen (secondary N) is 2. The monoisotopic (exact) mass is 332 g/mol. The maximum Gasteiger partial charge on any atom is 0.451 e. The molecule has 2 saturated heterocycles. The van der Waals surface area contributed by atoms with Crippen molar-refractivity contribution in [2.45, 2.75) is 43.7 Å². The molecule has 0 amide bonds. The fourth-order valence-electron chi connectivity index (χ4n) is 2.67. The molecule has 2 aliphatic heterocycles. The Bertz CT molecular complexity index is 549. The summed E-state index contributed by atoms with van der Waals surface area (Å²) in [5.41, 5.74) is 0.215. The number of hydrogen-bond donors (Lipinski definition) is 3. The highest BCUT2D eigenvalue weighted by Gasteiger charge is 2.37. The Morgan fingerprint density at radius 2 is 2.00 bits per heavy atom. The topological polar surface area (TPSA) is 79.3 Å². The first-order valence-corrected chi connectivity index (χ1v) is 7.66. The molecule has 2 atom stereocenters. The summed E-state index contributed by atoms with van der Waals surface area (Å²) in [5.74, 6) is -1.25. The molecule has 9 heteroatoms. The minimum Gasteiger partial charge on any atom is -0.474 e. The minimum atomic E-state index is -4.63. The van der Waals surface area contributed by atoms with Crippen LogP contribution in [0.4, 0.5) is 13.2 Å². The smallest absolute Gasteiger partial charge is 0.451 e. The third kappa shape index (κ3) is 4.10. The van der Waals surface area contributed by atoms with Crippen molar-refractivity contribution in [2.24, 2.45) is 0 Å². The molecule has 2 aliphatic rings. The van der Waals surface area contributed by atoms with Gasteiger partial charge in [0.25, 0.3) is 0 Å². The Balaban J connectivity index is 1.78. The fraction of sp³-hybridized carbons (Fsp3) is 0.714. The van der Waals surface area contributed by atoms with Crippen molar-refractivity contribution in [3.8, 4) is 5.88 Å². The normalized spacial score (nSPS) is 25.9. The Hall–Kier alpha value is -1.45. The summed E-state index contributed by atoms with van der Waals surface area (Å²) >= 11 is 0. The van der Waals surface area contributed by atoms with Crippen LogP contribution in [0.3, 0.4) is 0 Å². The lowest BCUT2D eigenvalue weighted by Gasteiger charge is -2.34. The lowest BCUT2D eigenvalue weighted by Crippen LogP contribution is -2.58. The van der Waals surface area contributed by atoms with Gasteiger partial charge in [0.1, 0.15) is 6.10 Å². The van der Waals surface area contributed by atoms with E-state index in [1.54, 1.807) is 0 Å². The highest BCUT2D eigenvalue weighted by molar-refractivity contribution is 5.20. The Morgan fingerprint density at radius 3 is 2.57 bits per heavy atom. The van der Waals surface area contributed by atoms with Crippen molar-refractivity contribution in [1.82, 2.24) is 20.6 Å². The van der Waals surface area contributed by atoms with Crippen molar-refractivity contribution in [2.75, 3.05) is 19.6 Å². The van der Waals surface area contributed by atoms with Gasteiger partial charge < -0.3 is 20.5 Å². The molecule has 0 radical (unpaired) electrons. The highest BCUT2D eigenvalue weighted by atomic mass is 19.4. The predicted molar refractivity (Wildman–Crippen MR) is 75.1 cm³/mol. The van der Waals surface area contributed by atoms with Crippen LogP contribution in [0.25, 0.3) is 0 Å². The van der Waals surface area contributed by atoms with Crippen LogP contribution in [0.15, 0.2) is 6.07 Å². The second-order valence-corrected chi connectivity index (χ2v) is 5.87. The molecule has 0 saturated carbocycles. The maximum atomic E-state index is 13.0. The molecule has 0 aromatic carbocycles. The minimum absolute atomic E-state index is 0.0527. The van der Waals surface area contributed by atoms with E-state index in [1.807, 2.05) is 0 Å². The molecule has 6 nitrogen and oxygen atoms in total.